The highest BCUT2D eigenvalue weighted by Gasteiger charge is 2.36. The summed E-state index contributed by atoms with van der Waals surface area (Å²) in [6.45, 7) is 5.21. The van der Waals surface area contributed by atoms with Crippen molar-refractivity contribution < 1.29 is 4.79 Å². The lowest BCUT2D eigenvalue weighted by atomic mass is 9.99. The fourth-order valence-electron chi connectivity index (χ4n) is 5.51. The van der Waals surface area contributed by atoms with Gasteiger partial charge in [-0.1, -0.05) is 86.6 Å². The van der Waals surface area contributed by atoms with E-state index in [0.717, 1.165) is 52.4 Å². The number of nitrogens with one attached hydrogen (secondary N) is 1. The summed E-state index contributed by atoms with van der Waals surface area (Å²) in [5.74, 6) is 0.992. The van der Waals surface area contributed by atoms with E-state index in [0.29, 0.717) is 13.1 Å². The molecule has 1 unspecified atom stereocenters. The molecule has 2 aromatic heterocycles. The normalized spacial score (nSPS) is 14.4. The summed E-state index contributed by atoms with van der Waals surface area (Å²) in [7, 11) is 0. The topological polar surface area (TPSA) is 55.1 Å². The summed E-state index contributed by atoms with van der Waals surface area (Å²) in [5, 5.41) is 8.25. The monoisotopic (exact) mass is 515 g/mol. The highest BCUT2D eigenvalue weighted by Crippen LogP contribution is 2.38. The van der Waals surface area contributed by atoms with E-state index in [1.54, 1.807) is 0 Å². The van der Waals surface area contributed by atoms with E-state index in [4.69, 9.17) is 5.10 Å². The van der Waals surface area contributed by atoms with Crippen molar-refractivity contribution in [1.82, 2.24) is 24.6 Å². The maximum absolute atomic E-state index is 14.0. The van der Waals surface area contributed by atoms with Gasteiger partial charge in [0.25, 0.3) is 0 Å². The van der Waals surface area contributed by atoms with Crippen molar-refractivity contribution in [3.8, 4) is 11.5 Å². The zero-order valence-electron chi connectivity index (χ0n) is 22.4. The van der Waals surface area contributed by atoms with Gasteiger partial charge < -0.3 is 14.8 Å². The van der Waals surface area contributed by atoms with E-state index in [1.165, 1.54) is 5.56 Å². The summed E-state index contributed by atoms with van der Waals surface area (Å²) < 4.78 is 4.25. The molecule has 196 valence electrons. The van der Waals surface area contributed by atoms with Crippen molar-refractivity contribution in [2.45, 2.75) is 45.8 Å². The van der Waals surface area contributed by atoms with E-state index in [2.05, 4.69) is 78.5 Å². The second kappa shape index (κ2) is 10.7. The van der Waals surface area contributed by atoms with Gasteiger partial charge >= 0.3 is 6.03 Å². The van der Waals surface area contributed by atoms with Crippen LogP contribution in [0.4, 0.5) is 4.79 Å². The van der Waals surface area contributed by atoms with Gasteiger partial charge in [-0.15, -0.1) is 0 Å². The molecular formula is C33H33N5O. The largest absolute Gasteiger partial charge is 0.334 e. The van der Waals surface area contributed by atoms with Crippen LogP contribution in [0.3, 0.4) is 0 Å². The molecule has 1 aliphatic heterocycles. The van der Waals surface area contributed by atoms with Crippen LogP contribution in [0.1, 0.15) is 53.5 Å². The van der Waals surface area contributed by atoms with Gasteiger partial charge in [0.15, 0.2) is 0 Å². The van der Waals surface area contributed by atoms with Crippen LogP contribution in [0.2, 0.25) is 0 Å². The average Bonchev–Trinajstić information content (AvgIpc) is 3.58. The zero-order chi connectivity index (χ0) is 26.8. The number of hydrogen-bond donors (Lipinski definition) is 1. The number of carbonyl (C=O) groups excluding carboxylic acids is 1. The van der Waals surface area contributed by atoms with Crippen molar-refractivity contribution in [2.24, 2.45) is 0 Å². The number of rotatable bonds is 6. The molecule has 1 atom stereocenters. The van der Waals surface area contributed by atoms with Gasteiger partial charge in [-0.3, -0.25) is 0 Å². The lowest BCUT2D eigenvalue weighted by molar-refractivity contribution is 0.180. The Morgan fingerprint density at radius 1 is 0.846 bits per heavy atom. The lowest BCUT2D eigenvalue weighted by Crippen LogP contribution is -2.41. The minimum absolute atomic E-state index is 0.0986. The molecule has 1 N–H and O–H groups in total. The van der Waals surface area contributed by atoms with Crippen LogP contribution in [-0.4, -0.2) is 25.3 Å². The molecule has 3 heterocycles. The molecule has 5 aromatic rings. The number of nitrogens with zero attached hydrogens (tertiary/aromatic N) is 4. The number of amides is 2. The Morgan fingerprint density at radius 3 is 2.26 bits per heavy atom. The Labute approximate surface area is 229 Å². The Balaban J connectivity index is 1.50. The fraction of sp³-hybridized carbons (Fsp3) is 0.212. The van der Waals surface area contributed by atoms with Crippen molar-refractivity contribution in [2.75, 3.05) is 0 Å². The van der Waals surface area contributed by atoms with Crippen LogP contribution in [0.15, 0.2) is 103 Å². The molecule has 6 rings (SSSR count). The zero-order valence-corrected chi connectivity index (χ0v) is 22.4. The molecular weight excluding hydrogens is 482 g/mol. The van der Waals surface area contributed by atoms with Gasteiger partial charge in [0.2, 0.25) is 0 Å². The Bertz CT molecular complexity index is 1570. The van der Waals surface area contributed by atoms with E-state index in [1.807, 2.05) is 58.1 Å². The van der Waals surface area contributed by atoms with Crippen LogP contribution in [-0.2, 0) is 25.9 Å². The second-order valence-corrected chi connectivity index (χ2v) is 9.92. The maximum atomic E-state index is 14.0. The van der Waals surface area contributed by atoms with Crippen molar-refractivity contribution in [1.29, 1.82) is 0 Å². The van der Waals surface area contributed by atoms with Crippen molar-refractivity contribution in [3.05, 3.63) is 137 Å². The van der Waals surface area contributed by atoms with E-state index >= 15 is 0 Å². The number of para-hydroxylation sites is 1. The number of urea groups is 1. The molecule has 0 saturated carbocycles. The lowest BCUT2D eigenvalue weighted by Gasteiger charge is -2.31. The molecule has 1 aliphatic rings. The van der Waals surface area contributed by atoms with E-state index in [9.17, 15) is 4.79 Å². The minimum atomic E-state index is -0.261. The van der Waals surface area contributed by atoms with Crippen LogP contribution < -0.4 is 5.32 Å². The van der Waals surface area contributed by atoms with Crippen molar-refractivity contribution >= 4 is 6.03 Å². The molecule has 0 radical (unpaired) electrons. The number of hydrogen-bond acceptors (Lipinski definition) is 2. The third-order valence-corrected chi connectivity index (χ3v) is 7.56. The van der Waals surface area contributed by atoms with Crippen LogP contribution in [0.25, 0.3) is 11.5 Å². The highest BCUT2D eigenvalue weighted by atomic mass is 16.2. The number of benzene rings is 3. The molecule has 3 aromatic carbocycles. The van der Waals surface area contributed by atoms with Crippen LogP contribution in [0.5, 0.6) is 0 Å². The molecule has 0 spiro atoms. The number of fused-ring (bicyclic) bond motifs is 3. The summed E-state index contributed by atoms with van der Waals surface area (Å²) in [6, 6.07) is 32.8. The summed E-state index contributed by atoms with van der Waals surface area (Å²) >= 11 is 0. The summed E-state index contributed by atoms with van der Waals surface area (Å²) in [4.78, 5) is 16.0. The second-order valence-electron chi connectivity index (χ2n) is 9.92. The van der Waals surface area contributed by atoms with E-state index < -0.39 is 0 Å². The number of carbonyl (C=O) groups is 1. The quantitative estimate of drug-likeness (QED) is 0.277. The predicted octanol–water partition coefficient (Wildman–Crippen LogP) is 6.60. The van der Waals surface area contributed by atoms with Gasteiger partial charge in [-0.25, -0.2) is 9.48 Å². The van der Waals surface area contributed by atoms with Gasteiger partial charge in [0.1, 0.15) is 5.82 Å². The summed E-state index contributed by atoms with van der Waals surface area (Å²) in [6.07, 6.45) is 3.84. The first-order valence-electron chi connectivity index (χ1n) is 13.7. The van der Waals surface area contributed by atoms with Crippen molar-refractivity contribution in [3.63, 3.8) is 0 Å². The van der Waals surface area contributed by atoms with Gasteiger partial charge in [-0.2, -0.15) is 5.10 Å². The maximum Gasteiger partial charge on any atom is 0.318 e. The first kappa shape index (κ1) is 24.7. The number of aryl methyl sites for hydroxylation is 2. The molecule has 0 fully saturated rings. The Morgan fingerprint density at radius 2 is 1.56 bits per heavy atom. The highest BCUT2D eigenvalue weighted by molar-refractivity contribution is 5.76. The average molecular weight is 516 g/mol. The van der Waals surface area contributed by atoms with Crippen LogP contribution in [0, 0.1) is 0 Å². The molecule has 6 heteroatoms. The number of aromatic nitrogens is 3. The molecule has 0 aliphatic carbocycles. The van der Waals surface area contributed by atoms with Crippen LogP contribution >= 0.6 is 0 Å². The Hall–Kier alpha value is -4.58. The van der Waals surface area contributed by atoms with Gasteiger partial charge in [0.05, 0.1) is 29.7 Å². The summed E-state index contributed by atoms with van der Waals surface area (Å²) in [5.41, 5.74) is 7.53. The minimum Gasteiger partial charge on any atom is -0.334 e. The standard InChI is InChI=1S/C33H33N5O/c1-3-24-17-19-26(20-18-24)31-30-16-11-21-36(30)32-28(29(4-2)35-38(32)27-14-9-6-10-15-27)23-37(31)33(39)34-22-25-12-7-5-8-13-25/h5-21,31H,3-4,22-23H2,1-2H3,(H,34,39). The predicted molar refractivity (Wildman–Crippen MR) is 154 cm³/mol. The first-order chi connectivity index (χ1) is 19.2. The third kappa shape index (κ3) is 4.63. The molecule has 6 nitrogen and oxygen atoms in total. The van der Waals surface area contributed by atoms with E-state index in [-0.39, 0.29) is 12.1 Å². The molecule has 0 bridgehead atoms. The smallest absolute Gasteiger partial charge is 0.318 e. The molecule has 0 saturated heterocycles. The Kier molecular flexibility index (Phi) is 6.76. The SMILES string of the molecule is CCc1ccc(C2c3cccn3-c3c(c(CC)nn3-c3ccccc3)CN2C(=O)NCc2ccccc2)cc1. The van der Waals surface area contributed by atoms with Gasteiger partial charge in [-0.05, 0) is 53.8 Å². The molecule has 39 heavy (non-hydrogen) atoms. The third-order valence-electron chi connectivity index (χ3n) is 7.56. The fourth-order valence-corrected chi connectivity index (χ4v) is 5.51. The van der Waals surface area contributed by atoms with Gasteiger partial charge in [0, 0.05) is 18.3 Å². The first-order valence-corrected chi connectivity index (χ1v) is 13.7. The molecule has 2 amide bonds.